The van der Waals surface area contributed by atoms with Gasteiger partial charge in [0, 0.05) is 11.8 Å². The normalized spacial score (nSPS) is 14.1. The zero-order valence-corrected chi connectivity index (χ0v) is 9.84. The molecule has 0 radical (unpaired) electrons. The van der Waals surface area contributed by atoms with Crippen LogP contribution in [0, 0.1) is 5.95 Å². The summed E-state index contributed by atoms with van der Waals surface area (Å²) in [5.41, 5.74) is 4.98. The van der Waals surface area contributed by atoms with Gasteiger partial charge >= 0.3 is 5.97 Å². The average Bonchev–Trinajstić information content (AvgIpc) is 2.38. The minimum absolute atomic E-state index is 0.123. The fraction of sp³-hybridized carbons (Fsp3) is 0.455. The zero-order chi connectivity index (χ0) is 13.7. The molecule has 7 heteroatoms. The molecule has 0 bridgehead atoms. The second-order valence-corrected chi connectivity index (χ2v) is 3.69. The van der Waals surface area contributed by atoms with Crippen molar-refractivity contribution in [2.24, 2.45) is 5.73 Å². The van der Waals surface area contributed by atoms with Gasteiger partial charge in [-0.05, 0) is 19.0 Å². The van der Waals surface area contributed by atoms with Crippen LogP contribution in [0.5, 0.6) is 0 Å². The third kappa shape index (κ3) is 3.22. The largest absolute Gasteiger partial charge is 0.465 e. The van der Waals surface area contributed by atoms with Gasteiger partial charge in [-0.25, -0.2) is 9.78 Å². The summed E-state index contributed by atoms with van der Waals surface area (Å²) in [6, 6.07) is 1.10. The number of hydrogen-bond donors (Lipinski definition) is 3. The van der Waals surface area contributed by atoms with Gasteiger partial charge in [0.15, 0.2) is 0 Å². The lowest BCUT2D eigenvalue weighted by Crippen LogP contribution is -2.22. The summed E-state index contributed by atoms with van der Waals surface area (Å²) in [5, 5.41) is 19.3. The summed E-state index contributed by atoms with van der Waals surface area (Å²) in [6.07, 6.45) is -1.17. The fourth-order valence-corrected chi connectivity index (χ4v) is 1.43. The quantitative estimate of drug-likeness (QED) is 0.497. The van der Waals surface area contributed by atoms with Crippen LogP contribution in [0.2, 0.25) is 0 Å². The molecule has 0 amide bonds. The van der Waals surface area contributed by atoms with Crippen molar-refractivity contribution in [3.8, 4) is 0 Å². The van der Waals surface area contributed by atoms with Gasteiger partial charge in [-0.15, -0.1) is 0 Å². The molecule has 18 heavy (non-hydrogen) atoms. The summed E-state index contributed by atoms with van der Waals surface area (Å²) in [7, 11) is 1.11. The molecule has 0 spiro atoms. The Hall–Kier alpha value is -1.57. The molecule has 1 aromatic rings. The van der Waals surface area contributed by atoms with Crippen molar-refractivity contribution in [2.75, 3.05) is 13.7 Å². The topological polar surface area (TPSA) is 106 Å². The highest BCUT2D eigenvalue weighted by molar-refractivity contribution is 5.89. The molecule has 2 unspecified atom stereocenters. The van der Waals surface area contributed by atoms with Gasteiger partial charge in [0.05, 0.1) is 13.2 Å². The predicted octanol–water partition coefficient (Wildman–Crippen LogP) is -0.250. The molecule has 6 nitrogen and oxygen atoms in total. The standard InChI is InChI=1S/C11H15FN2O4/c1-18-11(17)7-4-6(5-14-10(7)12)9(16)8(15)2-3-13/h4-5,8-9,15-16H,2-3,13H2,1H3. The van der Waals surface area contributed by atoms with Crippen LogP contribution in [-0.4, -0.2) is 40.9 Å². The molecule has 1 rings (SSSR count). The monoisotopic (exact) mass is 258 g/mol. The molecular weight excluding hydrogens is 243 g/mol. The van der Waals surface area contributed by atoms with Gasteiger partial charge in [0.25, 0.3) is 0 Å². The Morgan fingerprint density at radius 1 is 1.61 bits per heavy atom. The Labute approximate surface area is 103 Å². The van der Waals surface area contributed by atoms with Gasteiger partial charge in [-0.2, -0.15) is 4.39 Å². The molecule has 0 saturated carbocycles. The highest BCUT2D eigenvalue weighted by Gasteiger charge is 2.21. The number of aliphatic hydroxyl groups is 2. The van der Waals surface area contributed by atoms with E-state index in [1.54, 1.807) is 0 Å². The molecule has 2 atom stereocenters. The fourth-order valence-electron chi connectivity index (χ4n) is 1.43. The van der Waals surface area contributed by atoms with Crippen molar-refractivity contribution in [1.29, 1.82) is 0 Å². The van der Waals surface area contributed by atoms with E-state index >= 15 is 0 Å². The Morgan fingerprint density at radius 3 is 2.83 bits per heavy atom. The minimum Gasteiger partial charge on any atom is -0.465 e. The number of rotatable bonds is 5. The van der Waals surface area contributed by atoms with Crippen LogP contribution in [0.4, 0.5) is 4.39 Å². The van der Waals surface area contributed by atoms with E-state index in [2.05, 4.69) is 9.72 Å². The molecule has 0 aromatic carbocycles. The van der Waals surface area contributed by atoms with E-state index in [-0.39, 0.29) is 18.5 Å². The lowest BCUT2D eigenvalue weighted by molar-refractivity contribution is 0.0146. The maximum Gasteiger partial charge on any atom is 0.342 e. The molecule has 1 heterocycles. The van der Waals surface area contributed by atoms with Gasteiger partial charge in [-0.1, -0.05) is 0 Å². The van der Waals surface area contributed by atoms with Crippen LogP contribution in [0.3, 0.4) is 0 Å². The van der Waals surface area contributed by atoms with Crippen LogP contribution in [-0.2, 0) is 4.74 Å². The third-order valence-corrected chi connectivity index (χ3v) is 2.43. The van der Waals surface area contributed by atoms with Crippen LogP contribution < -0.4 is 5.73 Å². The van der Waals surface area contributed by atoms with E-state index in [1.165, 1.54) is 0 Å². The Bertz CT molecular complexity index is 428. The van der Waals surface area contributed by atoms with Crippen molar-refractivity contribution >= 4 is 5.97 Å². The summed E-state index contributed by atoms with van der Waals surface area (Å²) in [6.45, 7) is 0.191. The number of halogens is 1. The molecule has 4 N–H and O–H groups in total. The number of methoxy groups -OCH3 is 1. The molecule has 0 aliphatic carbocycles. The molecular formula is C11H15FN2O4. The number of aromatic nitrogens is 1. The molecule has 0 fully saturated rings. The Balaban J connectivity index is 3.00. The first-order valence-corrected chi connectivity index (χ1v) is 5.31. The first-order chi connectivity index (χ1) is 8.51. The van der Waals surface area contributed by atoms with E-state index < -0.39 is 29.7 Å². The van der Waals surface area contributed by atoms with Gasteiger partial charge in [0.2, 0.25) is 5.95 Å². The number of pyridine rings is 1. The lowest BCUT2D eigenvalue weighted by Gasteiger charge is -2.17. The first kappa shape index (κ1) is 14.5. The molecule has 0 aliphatic heterocycles. The maximum absolute atomic E-state index is 13.2. The summed E-state index contributed by atoms with van der Waals surface area (Å²) >= 11 is 0. The Morgan fingerprint density at radius 2 is 2.28 bits per heavy atom. The third-order valence-electron chi connectivity index (χ3n) is 2.43. The van der Waals surface area contributed by atoms with E-state index in [9.17, 15) is 19.4 Å². The number of carbonyl (C=O) groups excluding carboxylic acids is 1. The first-order valence-electron chi connectivity index (χ1n) is 5.31. The highest BCUT2D eigenvalue weighted by atomic mass is 19.1. The Kier molecular flexibility index (Phi) is 5.14. The van der Waals surface area contributed by atoms with Crippen LogP contribution in [0.15, 0.2) is 12.3 Å². The van der Waals surface area contributed by atoms with Crippen molar-refractivity contribution < 1.29 is 24.1 Å². The molecule has 1 aromatic heterocycles. The summed E-state index contributed by atoms with van der Waals surface area (Å²) in [4.78, 5) is 14.6. The molecule has 0 aliphatic rings. The second kappa shape index (κ2) is 6.39. The second-order valence-electron chi connectivity index (χ2n) is 3.69. The number of nitrogens with two attached hydrogens (primary N) is 1. The van der Waals surface area contributed by atoms with Crippen LogP contribution in [0.1, 0.15) is 28.4 Å². The SMILES string of the molecule is COC(=O)c1cc(C(O)C(O)CCN)cnc1F. The van der Waals surface area contributed by atoms with E-state index in [0.717, 1.165) is 19.4 Å². The van der Waals surface area contributed by atoms with Crippen molar-refractivity contribution in [3.63, 3.8) is 0 Å². The van der Waals surface area contributed by atoms with E-state index in [4.69, 9.17) is 5.73 Å². The number of esters is 1. The van der Waals surface area contributed by atoms with E-state index in [0.29, 0.717) is 0 Å². The average molecular weight is 258 g/mol. The number of nitrogens with zero attached hydrogens (tertiary/aromatic N) is 1. The van der Waals surface area contributed by atoms with Crippen molar-refractivity contribution in [1.82, 2.24) is 4.98 Å². The summed E-state index contributed by atoms with van der Waals surface area (Å²) in [5.74, 6) is -1.89. The van der Waals surface area contributed by atoms with Gasteiger partial charge in [-0.3, -0.25) is 0 Å². The van der Waals surface area contributed by atoms with Gasteiger partial charge < -0.3 is 20.7 Å². The smallest absolute Gasteiger partial charge is 0.342 e. The number of aliphatic hydroxyl groups excluding tert-OH is 2. The predicted molar refractivity (Wildman–Crippen MR) is 60.2 cm³/mol. The zero-order valence-electron chi connectivity index (χ0n) is 9.84. The van der Waals surface area contributed by atoms with Crippen molar-refractivity contribution in [3.05, 3.63) is 29.3 Å². The number of carbonyl (C=O) groups is 1. The highest BCUT2D eigenvalue weighted by Crippen LogP contribution is 2.20. The minimum atomic E-state index is -1.29. The van der Waals surface area contributed by atoms with Crippen molar-refractivity contribution in [2.45, 2.75) is 18.6 Å². The molecule has 0 saturated heterocycles. The van der Waals surface area contributed by atoms with Crippen LogP contribution in [0.25, 0.3) is 0 Å². The maximum atomic E-state index is 13.2. The molecule has 100 valence electrons. The van der Waals surface area contributed by atoms with Gasteiger partial charge in [0.1, 0.15) is 11.7 Å². The van der Waals surface area contributed by atoms with E-state index in [1.807, 2.05) is 0 Å². The van der Waals surface area contributed by atoms with Crippen LogP contribution >= 0.6 is 0 Å². The number of hydrogen-bond acceptors (Lipinski definition) is 6. The summed E-state index contributed by atoms with van der Waals surface area (Å²) < 4.78 is 17.6. The lowest BCUT2D eigenvalue weighted by atomic mass is 10.0. The number of ether oxygens (including phenoxy) is 1.